The van der Waals surface area contributed by atoms with Crippen LogP contribution in [0.2, 0.25) is 0 Å². The smallest absolute Gasteiger partial charge is 0.0101 e. The summed E-state index contributed by atoms with van der Waals surface area (Å²) < 4.78 is 0. The van der Waals surface area contributed by atoms with Gasteiger partial charge in [0.1, 0.15) is 0 Å². The molecule has 51 valence electrons. The minimum absolute atomic E-state index is 0. The standard InChI is InChI=1S/C5H14N2.V.H2/c1-6-4-5-7(2)3;;/h6H,4-5H2,1-3H3;;1H. The van der Waals surface area contributed by atoms with E-state index in [0.717, 1.165) is 13.1 Å². The summed E-state index contributed by atoms with van der Waals surface area (Å²) in [5.74, 6) is 0. The third kappa shape index (κ3) is 9.71. The summed E-state index contributed by atoms with van der Waals surface area (Å²) in [5.41, 5.74) is 0. The van der Waals surface area contributed by atoms with Gasteiger partial charge in [-0.3, -0.25) is 0 Å². The van der Waals surface area contributed by atoms with Gasteiger partial charge >= 0.3 is 0 Å². The molecule has 0 saturated carbocycles. The van der Waals surface area contributed by atoms with Crippen LogP contribution in [0.3, 0.4) is 0 Å². The topological polar surface area (TPSA) is 15.3 Å². The van der Waals surface area contributed by atoms with E-state index in [-0.39, 0.29) is 20.0 Å². The van der Waals surface area contributed by atoms with Crippen molar-refractivity contribution in [2.75, 3.05) is 34.2 Å². The van der Waals surface area contributed by atoms with E-state index in [4.69, 9.17) is 0 Å². The van der Waals surface area contributed by atoms with Gasteiger partial charge in [-0.2, -0.15) is 0 Å². The van der Waals surface area contributed by atoms with Gasteiger partial charge in [0.15, 0.2) is 0 Å². The van der Waals surface area contributed by atoms with E-state index in [1.165, 1.54) is 0 Å². The summed E-state index contributed by atoms with van der Waals surface area (Å²) in [6.45, 7) is 2.20. The maximum atomic E-state index is 3.06. The quantitative estimate of drug-likeness (QED) is 0.617. The largest absolute Gasteiger partial charge is 0.318 e. The van der Waals surface area contributed by atoms with Gasteiger partial charge in [-0.05, 0) is 21.1 Å². The van der Waals surface area contributed by atoms with Crippen LogP contribution in [0.5, 0.6) is 0 Å². The molecule has 1 radical (unpaired) electrons. The Hall–Kier alpha value is 0.504. The van der Waals surface area contributed by atoms with Crippen LogP contribution in [0.15, 0.2) is 0 Å². The molecule has 0 bridgehead atoms. The Labute approximate surface area is 65.0 Å². The minimum atomic E-state index is 0. The first-order chi connectivity index (χ1) is 3.27. The minimum Gasteiger partial charge on any atom is -0.318 e. The molecule has 0 aromatic rings. The molecule has 0 fully saturated rings. The molecule has 0 heterocycles. The van der Waals surface area contributed by atoms with Gasteiger partial charge in [0.25, 0.3) is 0 Å². The summed E-state index contributed by atoms with van der Waals surface area (Å²) in [5, 5.41) is 3.06. The van der Waals surface area contributed by atoms with Gasteiger partial charge in [0.05, 0.1) is 0 Å². The molecular weight excluding hydrogens is 139 g/mol. The fourth-order valence-corrected chi connectivity index (χ4v) is 0.335. The van der Waals surface area contributed by atoms with Gasteiger partial charge in [0, 0.05) is 33.1 Å². The van der Waals surface area contributed by atoms with Crippen LogP contribution in [0.25, 0.3) is 0 Å². The Bertz CT molecular complexity index is 43.9. The molecule has 0 aromatic heterocycles. The zero-order valence-electron chi connectivity index (χ0n) is 5.81. The maximum Gasteiger partial charge on any atom is 0.0101 e. The van der Waals surface area contributed by atoms with Gasteiger partial charge < -0.3 is 10.2 Å². The Morgan fingerprint density at radius 1 is 1.50 bits per heavy atom. The van der Waals surface area contributed by atoms with Crippen molar-refractivity contribution in [1.82, 2.24) is 10.2 Å². The molecule has 0 saturated heterocycles. The van der Waals surface area contributed by atoms with Crippen LogP contribution in [0.4, 0.5) is 0 Å². The number of hydrogen-bond acceptors (Lipinski definition) is 2. The molecule has 3 heteroatoms. The Kier molecular flexibility index (Phi) is 10.6. The molecule has 0 rings (SSSR count). The van der Waals surface area contributed by atoms with Crippen LogP contribution in [-0.2, 0) is 18.6 Å². The summed E-state index contributed by atoms with van der Waals surface area (Å²) in [4.78, 5) is 2.15. The van der Waals surface area contributed by atoms with Crippen molar-refractivity contribution in [2.24, 2.45) is 0 Å². The zero-order valence-corrected chi connectivity index (χ0v) is 7.21. The summed E-state index contributed by atoms with van der Waals surface area (Å²) in [7, 11) is 6.10. The SMILES string of the molecule is CNCCN(C)C.[HH].[V]. The summed E-state index contributed by atoms with van der Waals surface area (Å²) >= 11 is 0. The van der Waals surface area contributed by atoms with E-state index in [0.29, 0.717) is 0 Å². The normalized spacial score (nSPS) is 9.00. The molecule has 0 atom stereocenters. The number of nitrogens with zero attached hydrogens (tertiary/aromatic N) is 1. The molecule has 2 nitrogen and oxygen atoms in total. The first-order valence-electron chi connectivity index (χ1n) is 2.56. The fourth-order valence-electron chi connectivity index (χ4n) is 0.335. The van der Waals surface area contributed by atoms with E-state index in [1.807, 2.05) is 7.05 Å². The van der Waals surface area contributed by atoms with Crippen LogP contribution in [0, 0.1) is 0 Å². The van der Waals surface area contributed by atoms with Gasteiger partial charge in [-0.1, -0.05) is 0 Å². The second-order valence-electron chi connectivity index (χ2n) is 1.91. The van der Waals surface area contributed by atoms with Gasteiger partial charge in [-0.25, -0.2) is 0 Å². The van der Waals surface area contributed by atoms with Crippen LogP contribution in [0.1, 0.15) is 1.43 Å². The molecule has 8 heavy (non-hydrogen) atoms. The third-order valence-corrected chi connectivity index (χ3v) is 0.809. The van der Waals surface area contributed by atoms with E-state index in [1.54, 1.807) is 0 Å². The number of nitrogens with one attached hydrogen (secondary N) is 1. The molecule has 0 aliphatic heterocycles. The molecule has 0 spiro atoms. The Morgan fingerprint density at radius 3 is 2.12 bits per heavy atom. The van der Waals surface area contributed by atoms with Gasteiger partial charge in [0.2, 0.25) is 0 Å². The fraction of sp³-hybridized carbons (Fsp3) is 1.00. The van der Waals surface area contributed by atoms with Crippen LogP contribution in [-0.4, -0.2) is 39.1 Å². The van der Waals surface area contributed by atoms with Gasteiger partial charge in [-0.15, -0.1) is 0 Å². The molecule has 0 aromatic carbocycles. The van der Waals surface area contributed by atoms with Crippen molar-refractivity contribution < 1.29 is 20.0 Å². The molecule has 0 unspecified atom stereocenters. The first kappa shape index (κ1) is 11.3. The third-order valence-electron chi connectivity index (χ3n) is 0.809. The predicted molar refractivity (Wildman–Crippen MR) is 34.6 cm³/mol. The first-order valence-corrected chi connectivity index (χ1v) is 2.56. The molecular formula is C5H16N2V. The van der Waals surface area contributed by atoms with Crippen molar-refractivity contribution in [3.8, 4) is 0 Å². The Morgan fingerprint density at radius 2 is 2.00 bits per heavy atom. The van der Waals surface area contributed by atoms with Crippen molar-refractivity contribution in [3.05, 3.63) is 0 Å². The van der Waals surface area contributed by atoms with E-state index in [2.05, 4.69) is 24.3 Å². The number of hydrogen-bond donors (Lipinski definition) is 1. The summed E-state index contributed by atoms with van der Waals surface area (Å²) in [6, 6.07) is 0. The molecule has 1 N–H and O–H groups in total. The van der Waals surface area contributed by atoms with Crippen molar-refractivity contribution in [3.63, 3.8) is 0 Å². The van der Waals surface area contributed by atoms with E-state index >= 15 is 0 Å². The maximum absolute atomic E-state index is 3.06. The van der Waals surface area contributed by atoms with Crippen LogP contribution < -0.4 is 5.32 Å². The number of rotatable bonds is 3. The Balaban J connectivity index is -0.000000180. The molecule has 0 amide bonds. The predicted octanol–water partition coefficient (Wildman–Crippen LogP) is 0.0109. The van der Waals surface area contributed by atoms with Crippen molar-refractivity contribution in [1.29, 1.82) is 0 Å². The molecule has 0 aliphatic carbocycles. The second kappa shape index (κ2) is 7.50. The average molecular weight is 155 g/mol. The zero-order chi connectivity index (χ0) is 5.70. The molecule has 0 aliphatic rings. The second-order valence-corrected chi connectivity index (χ2v) is 1.91. The summed E-state index contributed by atoms with van der Waals surface area (Å²) in [6.07, 6.45) is 0. The average Bonchev–Trinajstić information content (AvgIpc) is 1.61. The van der Waals surface area contributed by atoms with Crippen molar-refractivity contribution in [2.45, 2.75) is 0 Å². The van der Waals surface area contributed by atoms with E-state index in [9.17, 15) is 0 Å². The number of likely N-dealkylation sites (N-methyl/N-ethyl adjacent to an activating group) is 2. The van der Waals surface area contributed by atoms with E-state index < -0.39 is 0 Å². The van der Waals surface area contributed by atoms with Crippen LogP contribution >= 0.6 is 0 Å². The monoisotopic (exact) mass is 155 g/mol. The van der Waals surface area contributed by atoms with Crippen molar-refractivity contribution >= 4 is 0 Å².